The van der Waals surface area contributed by atoms with Gasteiger partial charge in [-0.2, -0.15) is 0 Å². The summed E-state index contributed by atoms with van der Waals surface area (Å²) < 4.78 is 0. The molecule has 122 valence electrons. The zero-order valence-electron chi connectivity index (χ0n) is 13.9. The van der Waals surface area contributed by atoms with Crippen LogP contribution in [0.3, 0.4) is 0 Å². The highest BCUT2D eigenvalue weighted by Crippen LogP contribution is 2.33. The van der Waals surface area contributed by atoms with Gasteiger partial charge in [-0.05, 0) is 17.2 Å². The van der Waals surface area contributed by atoms with E-state index in [0.717, 1.165) is 17.8 Å². The SMILES string of the molecule is C1=C(c2ccccc2)N=NN(Cc2ccccc2)C1c1ccccc1. The van der Waals surface area contributed by atoms with Crippen LogP contribution in [0.15, 0.2) is 107 Å². The molecule has 0 bridgehead atoms. The van der Waals surface area contributed by atoms with E-state index < -0.39 is 0 Å². The third-order valence-electron chi connectivity index (χ3n) is 4.30. The van der Waals surface area contributed by atoms with Gasteiger partial charge in [-0.15, -0.1) is 5.11 Å². The summed E-state index contributed by atoms with van der Waals surface area (Å²) >= 11 is 0. The third kappa shape index (κ3) is 3.50. The van der Waals surface area contributed by atoms with Crippen molar-refractivity contribution in [2.75, 3.05) is 0 Å². The lowest BCUT2D eigenvalue weighted by atomic mass is 10.0. The monoisotopic (exact) mass is 325 g/mol. The molecule has 25 heavy (non-hydrogen) atoms. The van der Waals surface area contributed by atoms with Gasteiger partial charge >= 0.3 is 0 Å². The quantitative estimate of drug-likeness (QED) is 0.609. The van der Waals surface area contributed by atoms with Crippen molar-refractivity contribution < 1.29 is 0 Å². The Kier molecular flexibility index (Phi) is 4.38. The number of hydrogen-bond acceptors (Lipinski definition) is 3. The Balaban J connectivity index is 1.68. The molecule has 0 fully saturated rings. The van der Waals surface area contributed by atoms with Crippen LogP contribution in [-0.2, 0) is 6.54 Å². The van der Waals surface area contributed by atoms with Gasteiger partial charge in [0.25, 0.3) is 0 Å². The van der Waals surface area contributed by atoms with E-state index in [1.807, 2.05) is 35.3 Å². The molecule has 0 aliphatic carbocycles. The van der Waals surface area contributed by atoms with Gasteiger partial charge in [0.05, 0.1) is 18.3 Å². The highest BCUT2D eigenvalue weighted by molar-refractivity contribution is 5.65. The van der Waals surface area contributed by atoms with E-state index in [0.29, 0.717) is 0 Å². The minimum absolute atomic E-state index is 0.0640. The number of hydrogen-bond donors (Lipinski definition) is 0. The fourth-order valence-corrected chi connectivity index (χ4v) is 3.01. The van der Waals surface area contributed by atoms with Crippen LogP contribution in [0.4, 0.5) is 0 Å². The topological polar surface area (TPSA) is 28.0 Å². The van der Waals surface area contributed by atoms with E-state index >= 15 is 0 Å². The summed E-state index contributed by atoms with van der Waals surface area (Å²) in [6.45, 7) is 0.725. The summed E-state index contributed by atoms with van der Waals surface area (Å²) in [7, 11) is 0. The van der Waals surface area contributed by atoms with Gasteiger partial charge in [0.15, 0.2) is 0 Å². The van der Waals surface area contributed by atoms with Crippen molar-refractivity contribution in [3.63, 3.8) is 0 Å². The summed E-state index contributed by atoms with van der Waals surface area (Å²) in [5.74, 6) is 0. The maximum absolute atomic E-state index is 4.53. The first kappa shape index (κ1) is 15.3. The largest absolute Gasteiger partial charge is 0.263 e. The van der Waals surface area contributed by atoms with Gasteiger partial charge in [0, 0.05) is 5.56 Å². The molecule has 4 rings (SSSR count). The summed E-state index contributed by atoms with van der Waals surface area (Å²) in [6, 6.07) is 31.1. The van der Waals surface area contributed by atoms with Gasteiger partial charge in [-0.1, -0.05) is 96.2 Å². The van der Waals surface area contributed by atoms with Crippen LogP contribution in [0.2, 0.25) is 0 Å². The van der Waals surface area contributed by atoms with E-state index in [1.165, 1.54) is 11.1 Å². The molecule has 0 saturated carbocycles. The van der Waals surface area contributed by atoms with Crippen molar-refractivity contribution in [3.8, 4) is 0 Å². The number of rotatable bonds is 4. The number of nitrogens with zero attached hydrogens (tertiary/aromatic N) is 3. The molecule has 0 amide bonds. The summed E-state index contributed by atoms with van der Waals surface area (Å²) in [5, 5.41) is 11.0. The van der Waals surface area contributed by atoms with Crippen LogP contribution >= 0.6 is 0 Å². The van der Waals surface area contributed by atoms with E-state index in [2.05, 4.69) is 77.1 Å². The molecule has 3 heteroatoms. The van der Waals surface area contributed by atoms with Gasteiger partial charge in [-0.25, -0.2) is 0 Å². The van der Waals surface area contributed by atoms with Gasteiger partial charge in [0.2, 0.25) is 0 Å². The fraction of sp³-hybridized carbons (Fsp3) is 0.0909. The maximum atomic E-state index is 4.53. The standard InChI is InChI=1S/C22H19N3/c1-4-10-18(11-5-1)17-25-22(20-14-8-3-9-15-20)16-21(23-24-25)19-12-6-2-7-13-19/h1-16,22H,17H2. The lowest BCUT2D eigenvalue weighted by Crippen LogP contribution is -2.23. The highest BCUT2D eigenvalue weighted by atomic mass is 15.6. The molecule has 1 unspecified atom stereocenters. The summed E-state index contributed by atoms with van der Waals surface area (Å²) in [5.41, 5.74) is 4.44. The van der Waals surface area contributed by atoms with Gasteiger partial charge in [0.1, 0.15) is 0 Å². The minimum atomic E-state index is 0.0640. The van der Waals surface area contributed by atoms with E-state index in [-0.39, 0.29) is 6.04 Å². The van der Waals surface area contributed by atoms with Crippen molar-refractivity contribution in [3.05, 3.63) is 114 Å². The predicted molar refractivity (Wildman–Crippen MR) is 100 cm³/mol. The van der Waals surface area contributed by atoms with Crippen molar-refractivity contribution >= 4 is 5.70 Å². The maximum Gasteiger partial charge on any atom is 0.0946 e. The average molecular weight is 325 g/mol. The Morgan fingerprint density at radius 1 is 0.720 bits per heavy atom. The third-order valence-corrected chi connectivity index (χ3v) is 4.30. The zero-order valence-corrected chi connectivity index (χ0v) is 13.9. The lowest BCUT2D eigenvalue weighted by molar-refractivity contribution is 0.211. The molecule has 1 aliphatic heterocycles. The molecule has 0 radical (unpaired) electrons. The van der Waals surface area contributed by atoms with E-state index in [9.17, 15) is 0 Å². The molecule has 0 spiro atoms. The summed E-state index contributed by atoms with van der Waals surface area (Å²) in [4.78, 5) is 0. The molecule has 0 N–H and O–H groups in total. The Hall–Kier alpha value is -3.20. The molecule has 1 heterocycles. The Labute approximate surface area is 147 Å². The molecule has 3 nitrogen and oxygen atoms in total. The van der Waals surface area contributed by atoms with Crippen LogP contribution in [0, 0.1) is 0 Å². The van der Waals surface area contributed by atoms with Crippen molar-refractivity contribution in [1.82, 2.24) is 5.01 Å². The fourth-order valence-electron chi connectivity index (χ4n) is 3.01. The van der Waals surface area contributed by atoms with E-state index in [1.54, 1.807) is 0 Å². The smallest absolute Gasteiger partial charge is 0.0946 e. The first-order valence-corrected chi connectivity index (χ1v) is 8.44. The Bertz CT molecular complexity index is 871. The molecule has 0 saturated heterocycles. The first-order chi connectivity index (χ1) is 12.4. The second-order valence-corrected chi connectivity index (χ2v) is 6.05. The van der Waals surface area contributed by atoms with Crippen LogP contribution < -0.4 is 0 Å². The normalized spacial score (nSPS) is 16.6. The van der Waals surface area contributed by atoms with E-state index in [4.69, 9.17) is 0 Å². The molecule has 0 aromatic heterocycles. The molecule has 1 aliphatic rings. The van der Waals surface area contributed by atoms with Gasteiger partial charge in [-0.3, -0.25) is 5.01 Å². The molecule has 3 aromatic rings. The lowest BCUT2D eigenvalue weighted by Gasteiger charge is -2.29. The van der Waals surface area contributed by atoms with Crippen LogP contribution in [0.1, 0.15) is 22.7 Å². The van der Waals surface area contributed by atoms with Crippen molar-refractivity contribution in [1.29, 1.82) is 0 Å². The molecular formula is C22H19N3. The average Bonchev–Trinajstić information content (AvgIpc) is 2.70. The van der Waals surface area contributed by atoms with Crippen molar-refractivity contribution in [2.24, 2.45) is 10.3 Å². The van der Waals surface area contributed by atoms with Crippen LogP contribution in [-0.4, -0.2) is 5.01 Å². The summed E-state index contributed by atoms with van der Waals surface area (Å²) in [6.07, 6.45) is 2.20. The molecule has 1 atom stereocenters. The highest BCUT2D eigenvalue weighted by Gasteiger charge is 2.22. The zero-order chi connectivity index (χ0) is 16.9. The Morgan fingerprint density at radius 3 is 2.00 bits per heavy atom. The first-order valence-electron chi connectivity index (χ1n) is 8.44. The van der Waals surface area contributed by atoms with Crippen LogP contribution in [0.25, 0.3) is 5.70 Å². The Morgan fingerprint density at radius 2 is 1.32 bits per heavy atom. The predicted octanol–water partition coefficient (Wildman–Crippen LogP) is 5.65. The molecular weight excluding hydrogens is 306 g/mol. The second-order valence-electron chi connectivity index (χ2n) is 6.05. The van der Waals surface area contributed by atoms with Gasteiger partial charge < -0.3 is 0 Å². The molecule has 3 aromatic carbocycles. The van der Waals surface area contributed by atoms with Crippen molar-refractivity contribution in [2.45, 2.75) is 12.6 Å². The van der Waals surface area contributed by atoms with Crippen LogP contribution in [0.5, 0.6) is 0 Å². The second kappa shape index (κ2) is 7.14. The minimum Gasteiger partial charge on any atom is -0.263 e. The number of benzene rings is 3.